The first-order valence-corrected chi connectivity index (χ1v) is 11.3. The van der Waals surface area contributed by atoms with Crippen molar-refractivity contribution in [3.05, 3.63) is 75.9 Å². The molecule has 0 bridgehead atoms. The fourth-order valence-electron chi connectivity index (χ4n) is 3.64. The molecule has 2 aromatic heterocycles. The normalized spacial score (nSPS) is 12.3. The van der Waals surface area contributed by atoms with Gasteiger partial charge in [-0.05, 0) is 60.6 Å². The molecule has 160 valence electrons. The van der Waals surface area contributed by atoms with Crippen LogP contribution >= 0.6 is 11.3 Å². The maximum atomic E-state index is 13.0. The first-order valence-electron chi connectivity index (χ1n) is 10.5. The van der Waals surface area contributed by atoms with Gasteiger partial charge in [-0.15, -0.1) is 11.3 Å². The maximum Gasteiger partial charge on any atom is 0.262 e. The maximum absolute atomic E-state index is 13.0. The zero-order chi connectivity index (χ0) is 21.6. The zero-order valence-corrected chi connectivity index (χ0v) is 18.3. The average Bonchev–Trinajstić information content (AvgIpc) is 3.38. The number of hydrogen-bond acceptors (Lipinski definition) is 5. The first-order chi connectivity index (χ1) is 15.1. The number of pyridine rings is 1. The molecule has 0 fully saturated rings. The molecule has 0 aliphatic heterocycles. The minimum atomic E-state index is -0.277. The van der Waals surface area contributed by atoms with Crippen molar-refractivity contribution in [3.8, 4) is 5.75 Å². The standard InChI is InChI=1S/C24H25N3O3S/c1-2-16-8-10-18(11-9-16)30-15-21(28)27-24-22(19-6-3-7-20(19)31-24)23(29)26-14-17-5-4-12-25-13-17/h4-5,8-13H,2-3,6-7,14-15H2,1H3,(H,26,29)(H,27,28). The second-order valence-electron chi connectivity index (χ2n) is 7.44. The van der Waals surface area contributed by atoms with Crippen molar-refractivity contribution < 1.29 is 14.3 Å². The summed E-state index contributed by atoms with van der Waals surface area (Å²) in [6, 6.07) is 11.5. The van der Waals surface area contributed by atoms with Crippen LogP contribution in [0.1, 0.15) is 45.3 Å². The number of fused-ring (bicyclic) bond motifs is 1. The third kappa shape index (κ3) is 5.11. The van der Waals surface area contributed by atoms with Gasteiger partial charge < -0.3 is 15.4 Å². The number of thiophene rings is 1. The third-order valence-electron chi connectivity index (χ3n) is 5.28. The summed E-state index contributed by atoms with van der Waals surface area (Å²) >= 11 is 1.49. The number of amides is 2. The lowest BCUT2D eigenvalue weighted by Crippen LogP contribution is -2.26. The number of hydrogen-bond donors (Lipinski definition) is 2. The summed E-state index contributed by atoms with van der Waals surface area (Å²) in [5, 5.41) is 6.45. The summed E-state index contributed by atoms with van der Waals surface area (Å²) < 4.78 is 5.61. The molecule has 1 aliphatic carbocycles. The summed E-state index contributed by atoms with van der Waals surface area (Å²) in [7, 11) is 0. The average molecular weight is 436 g/mol. The highest BCUT2D eigenvalue weighted by Gasteiger charge is 2.27. The van der Waals surface area contributed by atoms with Crippen LogP contribution in [0.25, 0.3) is 0 Å². The van der Waals surface area contributed by atoms with Crippen molar-refractivity contribution in [1.82, 2.24) is 10.3 Å². The molecule has 0 radical (unpaired) electrons. The van der Waals surface area contributed by atoms with E-state index in [1.807, 2.05) is 36.4 Å². The number of carbonyl (C=O) groups excluding carboxylic acids is 2. The predicted octanol–water partition coefficient (Wildman–Crippen LogP) is 4.14. The van der Waals surface area contributed by atoms with Crippen molar-refractivity contribution in [2.75, 3.05) is 11.9 Å². The van der Waals surface area contributed by atoms with Crippen LogP contribution in [0.4, 0.5) is 5.00 Å². The lowest BCUT2D eigenvalue weighted by molar-refractivity contribution is -0.118. The topological polar surface area (TPSA) is 80.3 Å². The number of anilines is 1. The Kier molecular flexibility index (Phi) is 6.62. The van der Waals surface area contributed by atoms with E-state index in [0.29, 0.717) is 22.9 Å². The van der Waals surface area contributed by atoms with Gasteiger partial charge in [-0.25, -0.2) is 0 Å². The fraction of sp³-hybridized carbons (Fsp3) is 0.292. The number of carbonyl (C=O) groups is 2. The van der Waals surface area contributed by atoms with Gasteiger partial charge in [0.1, 0.15) is 10.8 Å². The van der Waals surface area contributed by atoms with E-state index in [1.54, 1.807) is 12.4 Å². The summed E-state index contributed by atoms with van der Waals surface area (Å²) in [5.41, 5.74) is 3.78. The fourth-order valence-corrected chi connectivity index (χ4v) is 4.94. The van der Waals surface area contributed by atoms with Gasteiger partial charge in [-0.3, -0.25) is 14.6 Å². The van der Waals surface area contributed by atoms with Gasteiger partial charge in [-0.1, -0.05) is 25.1 Å². The summed E-state index contributed by atoms with van der Waals surface area (Å²) in [4.78, 5) is 30.7. The molecule has 0 unspecified atom stereocenters. The second-order valence-corrected chi connectivity index (χ2v) is 8.54. The molecule has 0 saturated heterocycles. The monoisotopic (exact) mass is 435 g/mol. The zero-order valence-electron chi connectivity index (χ0n) is 17.4. The molecule has 0 saturated carbocycles. The Balaban J connectivity index is 1.41. The highest BCUT2D eigenvalue weighted by atomic mass is 32.1. The molecular weight excluding hydrogens is 410 g/mol. The largest absolute Gasteiger partial charge is 0.484 e. The lowest BCUT2D eigenvalue weighted by atomic mass is 10.1. The highest BCUT2D eigenvalue weighted by molar-refractivity contribution is 7.17. The number of rotatable bonds is 8. The molecule has 7 heteroatoms. The Morgan fingerprint density at radius 3 is 2.71 bits per heavy atom. The van der Waals surface area contributed by atoms with Crippen LogP contribution < -0.4 is 15.4 Å². The van der Waals surface area contributed by atoms with Crippen molar-refractivity contribution in [1.29, 1.82) is 0 Å². The minimum Gasteiger partial charge on any atom is -0.484 e. The number of nitrogens with one attached hydrogen (secondary N) is 2. The molecule has 2 N–H and O–H groups in total. The van der Waals surface area contributed by atoms with E-state index < -0.39 is 0 Å². The molecule has 31 heavy (non-hydrogen) atoms. The van der Waals surface area contributed by atoms with E-state index in [9.17, 15) is 9.59 Å². The van der Waals surface area contributed by atoms with Crippen LogP contribution in [0.5, 0.6) is 5.75 Å². The Labute approximate surface area is 185 Å². The van der Waals surface area contributed by atoms with Crippen LogP contribution in [-0.4, -0.2) is 23.4 Å². The van der Waals surface area contributed by atoms with Crippen LogP contribution in [0.3, 0.4) is 0 Å². The van der Waals surface area contributed by atoms with E-state index in [2.05, 4.69) is 22.5 Å². The van der Waals surface area contributed by atoms with E-state index >= 15 is 0 Å². The molecule has 1 aliphatic rings. The van der Waals surface area contributed by atoms with Crippen LogP contribution in [0, 0.1) is 0 Å². The van der Waals surface area contributed by atoms with Gasteiger partial charge in [0, 0.05) is 23.8 Å². The third-order valence-corrected chi connectivity index (χ3v) is 6.49. The van der Waals surface area contributed by atoms with E-state index in [4.69, 9.17) is 4.74 Å². The summed E-state index contributed by atoms with van der Waals surface area (Å²) in [6.07, 6.45) is 7.22. The lowest BCUT2D eigenvalue weighted by Gasteiger charge is -2.10. The minimum absolute atomic E-state index is 0.106. The van der Waals surface area contributed by atoms with Crippen LogP contribution in [-0.2, 0) is 30.6 Å². The summed E-state index contributed by atoms with van der Waals surface area (Å²) in [5.74, 6) is 0.200. The molecule has 1 aromatic carbocycles. The number of aryl methyl sites for hydroxylation is 2. The quantitative estimate of drug-likeness (QED) is 0.557. The summed E-state index contributed by atoms with van der Waals surface area (Å²) in [6.45, 7) is 2.37. The highest BCUT2D eigenvalue weighted by Crippen LogP contribution is 2.39. The molecule has 0 spiro atoms. The molecule has 2 heterocycles. The van der Waals surface area contributed by atoms with Gasteiger partial charge in [0.2, 0.25) is 0 Å². The molecule has 0 atom stereocenters. The first kappa shape index (κ1) is 21.1. The van der Waals surface area contributed by atoms with E-state index in [1.165, 1.54) is 21.8 Å². The second kappa shape index (κ2) is 9.75. The van der Waals surface area contributed by atoms with Crippen molar-refractivity contribution in [2.45, 2.75) is 39.2 Å². The van der Waals surface area contributed by atoms with Gasteiger partial charge in [0.25, 0.3) is 11.8 Å². The van der Waals surface area contributed by atoms with Gasteiger partial charge in [-0.2, -0.15) is 0 Å². The van der Waals surface area contributed by atoms with Gasteiger partial charge >= 0.3 is 0 Å². The van der Waals surface area contributed by atoms with E-state index in [0.717, 1.165) is 36.8 Å². The Morgan fingerprint density at radius 2 is 1.97 bits per heavy atom. The Bertz CT molecular complexity index is 1060. The Hall–Kier alpha value is -3.19. The van der Waals surface area contributed by atoms with Gasteiger partial charge in [0.15, 0.2) is 6.61 Å². The van der Waals surface area contributed by atoms with Crippen molar-refractivity contribution in [3.63, 3.8) is 0 Å². The Morgan fingerprint density at radius 1 is 1.13 bits per heavy atom. The van der Waals surface area contributed by atoms with Gasteiger partial charge in [0.05, 0.1) is 5.56 Å². The number of nitrogens with zero attached hydrogens (tertiary/aromatic N) is 1. The van der Waals surface area contributed by atoms with Crippen molar-refractivity contribution >= 4 is 28.2 Å². The predicted molar refractivity (Wildman–Crippen MR) is 122 cm³/mol. The van der Waals surface area contributed by atoms with Crippen LogP contribution in [0.2, 0.25) is 0 Å². The number of ether oxygens (including phenoxy) is 1. The number of aromatic nitrogens is 1. The smallest absolute Gasteiger partial charge is 0.262 e. The van der Waals surface area contributed by atoms with E-state index in [-0.39, 0.29) is 18.4 Å². The molecule has 6 nitrogen and oxygen atoms in total. The molecule has 3 aromatic rings. The molecular formula is C24H25N3O3S. The number of benzene rings is 1. The SMILES string of the molecule is CCc1ccc(OCC(=O)Nc2sc3c(c2C(=O)NCc2cccnc2)CCC3)cc1. The van der Waals surface area contributed by atoms with Crippen LogP contribution in [0.15, 0.2) is 48.8 Å². The molecule has 4 rings (SSSR count). The molecule has 2 amide bonds. The van der Waals surface area contributed by atoms with Crippen molar-refractivity contribution in [2.24, 2.45) is 0 Å².